The van der Waals surface area contributed by atoms with Gasteiger partial charge in [-0.25, -0.2) is 12.7 Å². The molecule has 0 radical (unpaired) electrons. The van der Waals surface area contributed by atoms with Crippen LogP contribution < -0.4 is 5.73 Å². The summed E-state index contributed by atoms with van der Waals surface area (Å²) in [5, 5.41) is 0. The lowest BCUT2D eigenvalue weighted by Crippen LogP contribution is -2.69. The zero-order chi connectivity index (χ0) is 13.7. The number of hydrogen-bond acceptors (Lipinski definition) is 4. The van der Waals surface area contributed by atoms with Gasteiger partial charge in [-0.3, -0.25) is 4.90 Å². The van der Waals surface area contributed by atoms with E-state index < -0.39 is 10.0 Å². The molecule has 0 aromatic carbocycles. The van der Waals surface area contributed by atoms with E-state index in [0.29, 0.717) is 19.0 Å². The van der Waals surface area contributed by atoms with Crippen LogP contribution in [0.2, 0.25) is 0 Å². The molecule has 5 nitrogen and oxygen atoms in total. The fourth-order valence-corrected chi connectivity index (χ4v) is 4.62. The molecule has 2 heterocycles. The van der Waals surface area contributed by atoms with Gasteiger partial charge in [0.15, 0.2) is 0 Å². The molecule has 1 aliphatic carbocycles. The molecule has 2 N–H and O–H groups in total. The minimum Gasteiger partial charge on any atom is -0.323 e. The molecule has 3 fully saturated rings. The van der Waals surface area contributed by atoms with Crippen molar-refractivity contribution in [1.82, 2.24) is 9.21 Å². The van der Waals surface area contributed by atoms with E-state index in [9.17, 15) is 8.42 Å². The van der Waals surface area contributed by atoms with Gasteiger partial charge in [0.2, 0.25) is 10.0 Å². The van der Waals surface area contributed by atoms with Gasteiger partial charge < -0.3 is 5.73 Å². The standard InChI is InChI=1S/C13H25N3O2S/c1-19(17,18)16-6-2-3-11(8-16)7-15-9-13(14,10-15)12-4-5-12/h11-12H,2-10,14H2,1H3. The summed E-state index contributed by atoms with van der Waals surface area (Å²) in [6.45, 7) is 4.41. The molecule has 1 saturated carbocycles. The van der Waals surface area contributed by atoms with E-state index in [1.165, 1.54) is 19.1 Å². The third kappa shape index (κ3) is 2.96. The number of likely N-dealkylation sites (tertiary alicyclic amines) is 1. The Morgan fingerprint density at radius 1 is 1.26 bits per heavy atom. The van der Waals surface area contributed by atoms with Crippen LogP contribution in [-0.2, 0) is 10.0 Å². The zero-order valence-electron chi connectivity index (χ0n) is 11.7. The first kappa shape index (κ1) is 13.8. The van der Waals surface area contributed by atoms with Crippen LogP contribution in [0, 0.1) is 11.8 Å². The Balaban J connectivity index is 1.48. The van der Waals surface area contributed by atoms with E-state index in [1.54, 1.807) is 4.31 Å². The van der Waals surface area contributed by atoms with E-state index in [0.717, 1.165) is 38.4 Å². The number of rotatable bonds is 4. The highest BCUT2D eigenvalue weighted by Gasteiger charge is 2.50. The van der Waals surface area contributed by atoms with E-state index in [-0.39, 0.29) is 5.54 Å². The molecule has 110 valence electrons. The first-order chi connectivity index (χ1) is 8.87. The van der Waals surface area contributed by atoms with Crippen LogP contribution in [-0.4, -0.2) is 62.1 Å². The number of piperidine rings is 1. The van der Waals surface area contributed by atoms with Crippen molar-refractivity contribution in [1.29, 1.82) is 0 Å². The largest absolute Gasteiger partial charge is 0.323 e. The second-order valence-electron chi connectivity index (χ2n) is 6.81. The van der Waals surface area contributed by atoms with E-state index >= 15 is 0 Å². The molecule has 1 atom stereocenters. The summed E-state index contributed by atoms with van der Waals surface area (Å²) in [4.78, 5) is 2.41. The van der Waals surface area contributed by atoms with Crippen molar-refractivity contribution >= 4 is 10.0 Å². The Bertz CT molecular complexity index is 441. The fourth-order valence-electron chi connectivity index (χ4n) is 3.67. The molecule has 2 aliphatic heterocycles. The maximum absolute atomic E-state index is 11.6. The molecule has 3 rings (SSSR count). The van der Waals surface area contributed by atoms with Crippen molar-refractivity contribution in [2.75, 3.05) is 39.0 Å². The number of hydrogen-bond donors (Lipinski definition) is 1. The number of nitrogens with two attached hydrogens (primary N) is 1. The van der Waals surface area contributed by atoms with Gasteiger partial charge in [0.1, 0.15) is 0 Å². The van der Waals surface area contributed by atoms with E-state index in [1.807, 2.05) is 0 Å². The molecule has 0 aromatic rings. The minimum atomic E-state index is -3.02. The highest BCUT2D eigenvalue weighted by Crippen LogP contribution is 2.43. The summed E-state index contributed by atoms with van der Waals surface area (Å²) in [7, 11) is -3.02. The van der Waals surface area contributed by atoms with Crippen molar-refractivity contribution < 1.29 is 8.42 Å². The van der Waals surface area contributed by atoms with Gasteiger partial charge in [0.05, 0.1) is 6.26 Å². The minimum absolute atomic E-state index is 0.0746. The Morgan fingerprint density at radius 3 is 2.53 bits per heavy atom. The summed E-state index contributed by atoms with van der Waals surface area (Å²) in [6.07, 6.45) is 6.05. The second kappa shape index (κ2) is 4.69. The average molecular weight is 287 g/mol. The Kier molecular flexibility index (Phi) is 3.40. The molecule has 0 aromatic heterocycles. The normalized spacial score (nSPS) is 33.1. The quantitative estimate of drug-likeness (QED) is 0.795. The van der Waals surface area contributed by atoms with Crippen LogP contribution in [0.1, 0.15) is 25.7 Å². The summed E-state index contributed by atoms with van der Waals surface area (Å²) in [5.41, 5.74) is 6.43. The van der Waals surface area contributed by atoms with Crippen LogP contribution in [0.5, 0.6) is 0 Å². The highest BCUT2D eigenvalue weighted by molar-refractivity contribution is 7.88. The molecule has 6 heteroatoms. The van der Waals surface area contributed by atoms with Gasteiger partial charge in [0, 0.05) is 38.3 Å². The Labute approximate surface area is 116 Å². The van der Waals surface area contributed by atoms with E-state index in [2.05, 4.69) is 4.90 Å². The third-order valence-electron chi connectivity index (χ3n) is 4.89. The highest BCUT2D eigenvalue weighted by atomic mass is 32.2. The Morgan fingerprint density at radius 2 is 1.95 bits per heavy atom. The molecule has 3 aliphatic rings. The predicted molar refractivity (Wildman–Crippen MR) is 75.2 cm³/mol. The van der Waals surface area contributed by atoms with Crippen LogP contribution in [0.3, 0.4) is 0 Å². The molecule has 1 unspecified atom stereocenters. The fraction of sp³-hybridized carbons (Fsp3) is 1.00. The summed E-state index contributed by atoms with van der Waals surface area (Å²) >= 11 is 0. The maximum atomic E-state index is 11.6. The molecule has 19 heavy (non-hydrogen) atoms. The summed E-state index contributed by atoms with van der Waals surface area (Å²) in [5.74, 6) is 1.23. The zero-order valence-corrected chi connectivity index (χ0v) is 12.5. The summed E-state index contributed by atoms with van der Waals surface area (Å²) in [6, 6.07) is 0. The first-order valence-electron chi connectivity index (χ1n) is 7.33. The molecular weight excluding hydrogens is 262 g/mol. The van der Waals surface area contributed by atoms with Gasteiger partial charge in [-0.2, -0.15) is 0 Å². The molecule has 0 spiro atoms. The van der Waals surface area contributed by atoms with E-state index in [4.69, 9.17) is 5.73 Å². The van der Waals surface area contributed by atoms with Crippen LogP contribution in [0.15, 0.2) is 0 Å². The number of nitrogens with zero attached hydrogens (tertiary/aromatic N) is 2. The lowest BCUT2D eigenvalue weighted by molar-refractivity contribution is 0.0327. The molecule has 0 amide bonds. The van der Waals surface area contributed by atoms with Gasteiger partial charge in [0.25, 0.3) is 0 Å². The lowest BCUT2D eigenvalue weighted by Gasteiger charge is -2.50. The van der Waals surface area contributed by atoms with Gasteiger partial charge in [-0.15, -0.1) is 0 Å². The third-order valence-corrected chi connectivity index (χ3v) is 6.16. The lowest BCUT2D eigenvalue weighted by atomic mass is 9.84. The predicted octanol–water partition coefficient (Wildman–Crippen LogP) is 0.0811. The van der Waals surface area contributed by atoms with Gasteiger partial charge >= 0.3 is 0 Å². The maximum Gasteiger partial charge on any atom is 0.211 e. The average Bonchev–Trinajstić information content (AvgIpc) is 3.10. The monoisotopic (exact) mass is 287 g/mol. The van der Waals surface area contributed by atoms with Crippen LogP contribution in [0.4, 0.5) is 0 Å². The topological polar surface area (TPSA) is 66.6 Å². The van der Waals surface area contributed by atoms with Crippen LogP contribution in [0.25, 0.3) is 0 Å². The molecule has 2 saturated heterocycles. The number of sulfonamides is 1. The van der Waals surface area contributed by atoms with Gasteiger partial charge in [-0.05, 0) is 37.5 Å². The smallest absolute Gasteiger partial charge is 0.211 e. The van der Waals surface area contributed by atoms with Gasteiger partial charge in [-0.1, -0.05) is 0 Å². The second-order valence-corrected chi connectivity index (χ2v) is 8.79. The van der Waals surface area contributed by atoms with Crippen molar-refractivity contribution in [2.24, 2.45) is 17.6 Å². The van der Waals surface area contributed by atoms with Crippen molar-refractivity contribution in [3.8, 4) is 0 Å². The van der Waals surface area contributed by atoms with Crippen molar-refractivity contribution in [2.45, 2.75) is 31.2 Å². The SMILES string of the molecule is CS(=O)(=O)N1CCCC(CN2CC(N)(C3CC3)C2)C1. The molecular formula is C13H25N3O2S. The van der Waals surface area contributed by atoms with Crippen molar-refractivity contribution in [3.05, 3.63) is 0 Å². The summed E-state index contributed by atoms with van der Waals surface area (Å²) < 4.78 is 24.8. The van der Waals surface area contributed by atoms with Crippen LogP contribution >= 0.6 is 0 Å². The first-order valence-corrected chi connectivity index (χ1v) is 9.18. The molecule has 0 bridgehead atoms. The Hall–Kier alpha value is -0.170. The van der Waals surface area contributed by atoms with Crippen molar-refractivity contribution in [3.63, 3.8) is 0 Å².